The lowest BCUT2D eigenvalue weighted by molar-refractivity contribution is -0.120. The fraction of sp³-hybridized carbons (Fsp3) is 0.591. The molecule has 0 spiro atoms. The molecule has 0 aromatic heterocycles. The highest BCUT2D eigenvalue weighted by atomic mass is 16.5. The number of aromatic hydroxyl groups is 1. The van der Waals surface area contributed by atoms with Crippen LogP contribution in [-0.4, -0.2) is 23.7 Å². The Hall–Kier alpha value is -1.97. The molecule has 1 aliphatic heterocycles. The number of phenolic OH excluding ortho intramolecular Hbond substituents is 1. The van der Waals surface area contributed by atoms with Crippen molar-refractivity contribution < 1.29 is 14.6 Å². The van der Waals surface area contributed by atoms with Gasteiger partial charge in [0, 0.05) is 30.9 Å². The lowest BCUT2D eigenvalue weighted by Gasteiger charge is -2.46. The van der Waals surface area contributed by atoms with E-state index in [4.69, 9.17) is 4.74 Å². The highest BCUT2D eigenvalue weighted by molar-refractivity contribution is 5.75. The maximum atomic E-state index is 11.3. The van der Waals surface area contributed by atoms with Crippen LogP contribution < -0.4 is 10.1 Å². The molecule has 0 bridgehead atoms. The van der Waals surface area contributed by atoms with Gasteiger partial charge in [0.2, 0.25) is 5.91 Å². The average Bonchev–Trinajstić information content (AvgIpc) is 2.57. The second kappa shape index (κ2) is 7.34. The average molecular weight is 357 g/mol. The second-order valence-electron chi connectivity index (χ2n) is 8.30. The highest BCUT2D eigenvalue weighted by Crippen LogP contribution is 2.53. The van der Waals surface area contributed by atoms with E-state index in [1.807, 2.05) is 6.07 Å². The van der Waals surface area contributed by atoms with Crippen LogP contribution in [0.4, 0.5) is 0 Å². The first-order chi connectivity index (χ1) is 12.3. The summed E-state index contributed by atoms with van der Waals surface area (Å²) in [4.78, 5) is 11.3. The summed E-state index contributed by atoms with van der Waals surface area (Å²) in [6.45, 7) is 6.50. The van der Waals surface area contributed by atoms with Crippen LogP contribution in [0.2, 0.25) is 0 Å². The minimum Gasteiger partial charge on any atom is -0.507 e. The fourth-order valence-corrected chi connectivity index (χ4v) is 4.46. The van der Waals surface area contributed by atoms with Crippen molar-refractivity contribution in [2.45, 2.75) is 70.8 Å². The first kappa shape index (κ1) is 18.8. The minimum absolute atomic E-state index is 0.0777. The van der Waals surface area contributed by atoms with Gasteiger partial charge in [0.25, 0.3) is 0 Å². The monoisotopic (exact) mass is 357 g/mol. The first-order valence-electron chi connectivity index (χ1n) is 9.74. The Morgan fingerprint density at radius 1 is 1.35 bits per heavy atom. The number of aryl methyl sites for hydroxylation is 1. The van der Waals surface area contributed by atoms with E-state index in [2.05, 4.69) is 38.2 Å². The van der Waals surface area contributed by atoms with Gasteiger partial charge in [-0.05, 0) is 70.6 Å². The predicted molar refractivity (Wildman–Crippen MR) is 104 cm³/mol. The summed E-state index contributed by atoms with van der Waals surface area (Å²) in [7, 11) is 1.66. The molecule has 0 fully saturated rings. The van der Waals surface area contributed by atoms with E-state index < -0.39 is 0 Å². The lowest BCUT2D eigenvalue weighted by Crippen LogP contribution is -2.45. The molecule has 0 unspecified atom stereocenters. The van der Waals surface area contributed by atoms with Gasteiger partial charge in [-0.25, -0.2) is 0 Å². The molecule has 142 valence electrons. The Balaban J connectivity index is 1.81. The number of amides is 1. The third kappa shape index (κ3) is 3.74. The Kier molecular flexibility index (Phi) is 5.31. The molecule has 3 rings (SSSR count). The van der Waals surface area contributed by atoms with Gasteiger partial charge in [-0.2, -0.15) is 0 Å². The Morgan fingerprint density at radius 2 is 2.12 bits per heavy atom. The van der Waals surface area contributed by atoms with E-state index >= 15 is 0 Å². The van der Waals surface area contributed by atoms with Gasteiger partial charge < -0.3 is 15.2 Å². The Morgan fingerprint density at radius 3 is 2.85 bits per heavy atom. The van der Waals surface area contributed by atoms with Crippen LogP contribution in [0.1, 0.15) is 69.9 Å². The summed E-state index contributed by atoms with van der Waals surface area (Å²) in [6, 6.07) is 3.97. The molecule has 2 aliphatic rings. The minimum atomic E-state index is -0.237. The summed E-state index contributed by atoms with van der Waals surface area (Å²) in [5.41, 5.74) is 3.18. The Bertz CT molecular complexity index is 720. The van der Waals surface area contributed by atoms with Gasteiger partial charge in [-0.1, -0.05) is 11.6 Å². The SMILES string of the molecule is CNC(=O)CCCCc1cc(O)c2c(c1)OC(C)(C)[C@@H]1CCC(C)=C[C@@H]21. The summed E-state index contributed by atoms with van der Waals surface area (Å²) in [5, 5.41) is 13.4. The van der Waals surface area contributed by atoms with E-state index in [1.165, 1.54) is 5.57 Å². The van der Waals surface area contributed by atoms with Gasteiger partial charge >= 0.3 is 0 Å². The number of unbranched alkanes of at least 4 members (excludes halogenated alkanes) is 1. The van der Waals surface area contributed by atoms with E-state index in [9.17, 15) is 9.90 Å². The molecule has 0 saturated heterocycles. The third-order valence-corrected chi connectivity index (χ3v) is 5.92. The van der Waals surface area contributed by atoms with Crippen LogP contribution in [0.25, 0.3) is 0 Å². The largest absolute Gasteiger partial charge is 0.507 e. The quantitative estimate of drug-likeness (QED) is 0.604. The number of nitrogens with one attached hydrogen (secondary N) is 1. The van der Waals surface area contributed by atoms with Crippen molar-refractivity contribution >= 4 is 5.91 Å². The zero-order chi connectivity index (χ0) is 18.9. The smallest absolute Gasteiger partial charge is 0.219 e. The number of allylic oxidation sites excluding steroid dienone is 2. The zero-order valence-corrected chi connectivity index (χ0v) is 16.4. The zero-order valence-electron chi connectivity index (χ0n) is 16.4. The van der Waals surface area contributed by atoms with Crippen LogP contribution in [0.15, 0.2) is 23.8 Å². The van der Waals surface area contributed by atoms with Crippen LogP contribution in [-0.2, 0) is 11.2 Å². The van der Waals surface area contributed by atoms with Crippen molar-refractivity contribution in [2.24, 2.45) is 5.92 Å². The van der Waals surface area contributed by atoms with Crippen LogP contribution in [0.3, 0.4) is 0 Å². The van der Waals surface area contributed by atoms with E-state index in [0.29, 0.717) is 18.1 Å². The highest BCUT2D eigenvalue weighted by Gasteiger charge is 2.45. The molecule has 26 heavy (non-hydrogen) atoms. The molecule has 1 amide bonds. The summed E-state index contributed by atoms with van der Waals surface area (Å²) < 4.78 is 6.35. The van der Waals surface area contributed by atoms with Gasteiger partial charge in [0.05, 0.1) is 0 Å². The fourth-order valence-electron chi connectivity index (χ4n) is 4.46. The van der Waals surface area contributed by atoms with Gasteiger partial charge in [-0.15, -0.1) is 0 Å². The molecule has 1 aliphatic carbocycles. The van der Waals surface area contributed by atoms with Crippen LogP contribution in [0, 0.1) is 5.92 Å². The summed E-state index contributed by atoms with van der Waals surface area (Å²) in [6.07, 6.45) is 7.67. The third-order valence-electron chi connectivity index (χ3n) is 5.92. The number of carbonyl (C=O) groups excluding carboxylic acids is 1. The van der Waals surface area contributed by atoms with Crippen molar-refractivity contribution in [3.05, 3.63) is 34.9 Å². The topological polar surface area (TPSA) is 58.6 Å². The van der Waals surface area contributed by atoms with Crippen LogP contribution >= 0.6 is 0 Å². The number of rotatable bonds is 5. The summed E-state index contributed by atoms with van der Waals surface area (Å²) in [5.74, 6) is 1.87. The van der Waals surface area contributed by atoms with Gasteiger partial charge in [-0.3, -0.25) is 4.79 Å². The number of ether oxygens (including phenoxy) is 1. The maximum Gasteiger partial charge on any atom is 0.219 e. The molecule has 1 aromatic rings. The predicted octanol–water partition coefficient (Wildman–Crippen LogP) is 4.46. The van der Waals surface area contributed by atoms with E-state index in [1.54, 1.807) is 7.05 Å². The maximum absolute atomic E-state index is 11.3. The lowest BCUT2D eigenvalue weighted by atomic mass is 9.68. The van der Waals surface area contributed by atoms with Crippen LogP contribution in [0.5, 0.6) is 11.5 Å². The summed E-state index contributed by atoms with van der Waals surface area (Å²) >= 11 is 0. The number of benzene rings is 1. The van der Waals surface area contributed by atoms with Crippen molar-refractivity contribution in [1.82, 2.24) is 5.32 Å². The molecule has 0 radical (unpaired) electrons. The standard InChI is InChI=1S/C22H31NO3/c1-14-9-10-17-16(11-14)21-18(24)12-15(7-5-6-8-20(25)23-4)13-19(21)26-22(17,2)3/h11-13,16-17,24H,5-10H2,1-4H3,(H,23,25)/t16-,17-/m1/s1. The first-order valence-corrected chi connectivity index (χ1v) is 9.74. The molecule has 4 nitrogen and oxygen atoms in total. The van der Waals surface area contributed by atoms with Crippen molar-refractivity contribution in [3.63, 3.8) is 0 Å². The van der Waals surface area contributed by atoms with Crippen molar-refractivity contribution in [1.29, 1.82) is 0 Å². The molecular weight excluding hydrogens is 326 g/mol. The molecule has 0 saturated carbocycles. The van der Waals surface area contributed by atoms with Gasteiger partial charge in [0.1, 0.15) is 17.1 Å². The second-order valence-corrected chi connectivity index (χ2v) is 8.30. The number of hydrogen-bond acceptors (Lipinski definition) is 3. The number of fused-ring (bicyclic) bond motifs is 3. The normalized spacial score (nSPS) is 23.3. The van der Waals surface area contributed by atoms with Gasteiger partial charge in [0.15, 0.2) is 0 Å². The number of phenols is 1. The number of hydrogen-bond donors (Lipinski definition) is 2. The molecule has 1 aromatic carbocycles. The molecule has 4 heteroatoms. The van der Waals surface area contributed by atoms with Crippen molar-refractivity contribution in [2.75, 3.05) is 7.05 Å². The molecule has 1 heterocycles. The Labute approximate surface area is 156 Å². The van der Waals surface area contributed by atoms with E-state index in [0.717, 1.165) is 49.0 Å². The molecular formula is C22H31NO3. The van der Waals surface area contributed by atoms with E-state index in [-0.39, 0.29) is 17.4 Å². The molecule has 2 N–H and O–H groups in total. The van der Waals surface area contributed by atoms with Crippen molar-refractivity contribution in [3.8, 4) is 11.5 Å². The molecule has 2 atom stereocenters. The number of carbonyl (C=O) groups is 1.